The van der Waals surface area contributed by atoms with Gasteiger partial charge in [-0.15, -0.1) is 0 Å². The van der Waals surface area contributed by atoms with Crippen LogP contribution in [0.4, 0.5) is 5.69 Å². The van der Waals surface area contributed by atoms with Crippen LogP contribution in [0.15, 0.2) is 63.3 Å². The average Bonchev–Trinajstić information content (AvgIpc) is 3.35. The van der Waals surface area contributed by atoms with Gasteiger partial charge in [-0.1, -0.05) is 18.7 Å². The van der Waals surface area contributed by atoms with Crippen LogP contribution in [-0.4, -0.2) is 25.5 Å². The first-order valence-electron chi connectivity index (χ1n) is 8.47. The van der Waals surface area contributed by atoms with Gasteiger partial charge in [-0.05, 0) is 49.7 Å². The fourth-order valence-electron chi connectivity index (χ4n) is 2.79. The Morgan fingerprint density at radius 2 is 2.07 bits per heavy atom. The smallest absolute Gasteiger partial charge is 0.291 e. The molecule has 0 aliphatic heterocycles. The molecule has 0 aliphatic rings. The number of amides is 1. The first kappa shape index (κ1) is 17.3. The molecule has 4 rings (SSSR count). The second-order valence-electron chi connectivity index (χ2n) is 5.86. The minimum absolute atomic E-state index is 0.275. The van der Waals surface area contributed by atoms with Crippen LogP contribution >= 0.6 is 11.8 Å². The van der Waals surface area contributed by atoms with Crippen molar-refractivity contribution in [3.63, 3.8) is 0 Å². The van der Waals surface area contributed by atoms with Crippen molar-refractivity contribution in [2.45, 2.75) is 30.2 Å². The van der Waals surface area contributed by atoms with Crippen LogP contribution in [0.5, 0.6) is 0 Å². The van der Waals surface area contributed by atoms with Gasteiger partial charge in [0, 0.05) is 21.8 Å². The molecule has 4 aromatic rings. The van der Waals surface area contributed by atoms with Crippen molar-refractivity contribution < 1.29 is 9.21 Å². The SMILES string of the molecule is CCc1c(C)nc2ncnn2c1Sc1ccc(NC(=O)c2ccco2)cc1. The molecule has 0 saturated carbocycles. The van der Waals surface area contributed by atoms with Crippen LogP contribution in [-0.2, 0) is 6.42 Å². The van der Waals surface area contributed by atoms with Crippen molar-refractivity contribution in [3.8, 4) is 0 Å². The van der Waals surface area contributed by atoms with E-state index in [-0.39, 0.29) is 11.7 Å². The highest BCUT2D eigenvalue weighted by Gasteiger charge is 2.15. The Kier molecular flexibility index (Phi) is 4.64. The lowest BCUT2D eigenvalue weighted by Crippen LogP contribution is -2.10. The van der Waals surface area contributed by atoms with Gasteiger partial charge in [0.1, 0.15) is 11.4 Å². The molecule has 0 aliphatic carbocycles. The molecule has 0 fully saturated rings. The zero-order valence-electron chi connectivity index (χ0n) is 14.8. The number of carbonyl (C=O) groups is 1. The second-order valence-corrected chi connectivity index (χ2v) is 6.93. The molecule has 8 heteroatoms. The lowest BCUT2D eigenvalue weighted by atomic mass is 10.2. The Hall–Kier alpha value is -3.13. The fraction of sp³-hybridized carbons (Fsp3) is 0.158. The maximum absolute atomic E-state index is 12.1. The topological polar surface area (TPSA) is 85.3 Å². The van der Waals surface area contributed by atoms with Gasteiger partial charge in [-0.2, -0.15) is 14.6 Å². The van der Waals surface area contributed by atoms with Crippen molar-refractivity contribution in [3.05, 3.63) is 66.0 Å². The molecule has 1 N–H and O–H groups in total. The van der Waals surface area contributed by atoms with Gasteiger partial charge in [-0.3, -0.25) is 4.79 Å². The zero-order valence-corrected chi connectivity index (χ0v) is 15.7. The molecule has 0 atom stereocenters. The van der Waals surface area contributed by atoms with Crippen molar-refractivity contribution in [2.24, 2.45) is 0 Å². The van der Waals surface area contributed by atoms with Gasteiger partial charge in [-0.25, -0.2) is 4.98 Å². The summed E-state index contributed by atoms with van der Waals surface area (Å²) < 4.78 is 6.87. The maximum Gasteiger partial charge on any atom is 0.291 e. The number of aromatic nitrogens is 4. The third-order valence-electron chi connectivity index (χ3n) is 4.11. The molecule has 0 radical (unpaired) electrons. The molecule has 1 amide bonds. The predicted octanol–water partition coefficient (Wildman–Crippen LogP) is 3.99. The van der Waals surface area contributed by atoms with Crippen LogP contribution in [0.3, 0.4) is 0 Å². The zero-order chi connectivity index (χ0) is 18.8. The number of rotatable bonds is 5. The molecule has 0 unspecified atom stereocenters. The highest BCUT2D eigenvalue weighted by Crippen LogP contribution is 2.32. The van der Waals surface area contributed by atoms with E-state index in [1.807, 2.05) is 31.2 Å². The van der Waals surface area contributed by atoms with E-state index in [0.717, 1.165) is 27.6 Å². The van der Waals surface area contributed by atoms with E-state index in [1.54, 1.807) is 28.4 Å². The van der Waals surface area contributed by atoms with E-state index in [2.05, 4.69) is 27.3 Å². The van der Waals surface area contributed by atoms with Gasteiger partial charge < -0.3 is 9.73 Å². The quantitative estimate of drug-likeness (QED) is 0.528. The third-order valence-corrected chi connectivity index (χ3v) is 5.23. The Balaban J connectivity index is 1.58. The van der Waals surface area contributed by atoms with E-state index in [1.165, 1.54) is 12.6 Å². The van der Waals surface area contributed by atoms with Gasteiger partial charge in [0.15, 0.2) is 5.76 Å². The van der Waals surface area contributed by atoms with Crippen LogP contribution in [0.2, 0.25) is 0 Å². The molecule has 136 valence electrons. The number of carbonyl (C=O) groups excluding carboxylic acids is 1. The lowest BCUT2D eigenvalue weighted by molar-refractivity contribution is 0.0996. The summed E-state index contributed by atoms with van der Waals surface area (Å²) in [7, 11) is 0. The molecule has 0 bridgehead atoms. The van der Waals surface area contributed by atoms with Crippen LogP contribution in [0, 0.1) is 6.92 Å². The Bertz CT molecular complexity index is 1090. The monoisotopic (exact) mass is 379 g/mol. The molecular weight excluding hydrogens is 362 g/mol. The average molecular weight is 379 g/mol. The van der Waals surface area contributed by atoms with E-state index in [9.17, 15) is 4.79 Å². The number of hydrogen-bond acceptors (Lipinski definition) is 6. The number of nitrogens with one attached hydrogen (secondary N) is 1. The summed E-state index contributed by atoms with van der Waals surface area (Å²) in [6, 6.07) is 11.0. The first-order chi connectivity index (χ1) is 13.2. The van der Waals surface area contributed by atoms with Gasteiger partial charge >= 0.3 is 0 Å². The van der Waals surface area contributed by atoms with Crippen LogP contribution in [0.1, 0.15) is 28.7 Å². The summed E-state index contributed by atoms with van der Waals surface area (Å²) in [5, 5.41) is 8.12. The third kappa shape index (κ3) is 3.43. The van der Waals surface area contributed by atoms with Crippen molar-refractivity contribution in [2.75, 3.05) is 5.32 Å². The van der Waals surface area contributed by atoms with E-state index < -0.39 is 0 Å². The molecule has 0 saturated heterocycles. The molecule has 3 aromatic heterocycles. The minimum atomic E-state index is -0.275. The molecule has 1 aromatic carbocycles. The summed E-state index contributed by atoms with van der Waals surface area (Å²) in [5.74, 6) is 0.596. The Morgan fingerprint density at radius 1 is 1.26 bits per heavy atom. The number of nitrogens with zero attached hydrogens (tertiary/aromatic N) is 4. The summed E-state index contributed by atoms with van der Waals surface area (Å²) >= 11 is 1.60. The summed E-state index contributed by atoms with van der Waals surface area (Å²) in [4.78, 5) is 21.8. The molecule has 27 heavy (non-hydrogen) atoms. The fourth-order valence-corrected chi connectivity index (χ4v) is 3.91. The molecular formula is C19H17N5O2S. The highest BCUT2D eigenvalue weighted by atomic mass is 32.2. The standard InChI is InChI=1S/C19H17N5O2S/c1-3-15-12(2)22-19-20-11-21-24(19)18(15)27-14-8-6-13(7-9-14)23-17(25)16-5-4-10-26-16/h4-11H,3H2,1-2H3,(H,23,25). The summed E-state index contributed by atoms with van der Waals surface area (Å²) in [6.45, 7) is 4.09. The second kappa shape index (κ2) is 7.24. The summed E-state index contributed by atoms with van der Waals surface area (Å²) in [5.41, 5.74) is 2.81. The van der Waals surface area contributed by atoms with Gasteiger partial charge in [0.05, 0.1) is 6.26 Å². The highest BCUT2D eigenvalue weighted by molar-refractivity contribution is 7.99. The Labute approximate surface area is 159 Å². The molecule has 7 nitrogen and oxygen atoms in total. The number of aryl methyl sites for hydroxylation is 1. The largest absolute Gasteiger partial charge is 0.459 e. The Morgan fingerprint density at radius 3 is 2.78 bits per heavy atom. The number of furan rings is 1. The number of hydrogen-bond donors (Lipinski definition) is 1. The molecule has 3 heterocycles. The normalized spacial score (nSPS) is 11.0. The number of fused-ring (bicyclic) bond motifs is 1. The predicted molar refractivity (Wildman–Crippen MR) is 102 cm³/mol. The van der Waals surface area contributed by atoms with Gasteiger partial charge in [0.2, 0.25) is 0 Å². The molecule has 0 spiro atoms. The minimum Gasteiger partial charge on any atom is -0.459 e. The summed E-state index contributed by atoms with van der Waals surface area (Å²) in [6.07, 6.45) is 3.84. The van der Waals surface area contributed by atoms with Crippen LogP contribution < -0.4 is 5.32 Å². The maximum atomic E-state index is 12.1. The van der Waals surface area contributed by atoms with Crippen LogP contribution in [0.25, 0.3) is 5.78 Å². The van der Waals surface area contributed by atoms with E-state index in [4.69, 9.17) is 4.42 Å². The van der Waals surface area contributed by atoms with Crippen molar-refractivity contribution in [1.29, 1.82) is 0 Å². The van der Waals surface area contributed by atoms with Crippen molar-refractivity contribution >= 4 is 29.1 Å². The number of anilines is 1. The van der Waals surface area contributed by atoms with E-state index in [0.29, 0.717) is 11.5 Å². The first-order valence-corrected chi connectivity index (χ1v) is 9.29. The van der Waals surface area contributed by atoms with Crippen molar-refractivity contribution in [1.82, 2.24) is 19.6 Å². The van der Waals surface area contributed by atoms with Gasteiger partial charge in [0.25, 0.3) is 11.7 Å². The lowest BCUT2D eigenvalue weighted by Gasteiger charge is -2.12. The van der Waals surface area contributed by atoms with E-state index >= 15 is 0 Å². The number of benzene rings is 1.